The molecule has 0 aliphatic heterocycles. The number of benzene rings is 2. The Labute approximate surface area is 183 Å². The lowest BCUT2D eigenvalue weighted by molar-refractivity contribution is -0.385. The molecule has 11 heteroatoms. The van der Waals surface area contributed by atoms with Crippen molar-refractivity contribution < 1.29 is 23.9 Å². The third kappa shape index (κ3) is 5.81. The van der Waals surface area contributed by atoms with Crippen LogP contribution in [0.1, 0.15) is 11.1 Å². The molecule has 0 unspecified atom stereocenters. The van der Waals surface area contributed by atoms with Gasteiger partial charge in [-0.2, -0.15) is 10.2 Å². The average molecular weight is 439 g/mol. The first-order chi connectivity index (χ1) is 15.5. The number of amides is 1. The average Bonchev–Trinajstić information content (AvgIpc) is 3.27. The Kier molecular flexibility index (Phi) is 7.36. The number of aromatic nitrogens is 2. The number of hydrogen-bond acceptors (Lipinski definition) is 8. The second-order valence-corrected chi connectivity index (χ2v) is 6.46. The summed E-state index contributed by atoms with van der Waals surface area (Å²) in [6, 6.07) is 12.3. The smallest absolute Gasteiger partial charge is 0.307 e. The maximum Gasteiger partial charge on any atom is 0.307 e. The van der Waals surface area contributed by atoms with Crippen molar-refractivity contribution in [1.82, 2.24) is 15.2 Å². The van der Waals surface area contributed by atoms with Gasteiger partial charge in [0, 0.05) is 5.56 Å². The van der Waals surface area contributed by atoms with E-state index in [0.717, 1.165) is 5.56 Å². The number of hydrogen-bond donors (Lipinski definition) is 1. The van der Waals surface area contributed by atoms with Gasteiger partial charge in [-0.3, -0.25) is 19.6 Å². The van der Waals surface area contributed by atoms with Gasteiger partial charge >= 0.3 is 5.69 Å². The molecule has 1 heterocycles. The summed E-state index contributed by atoms with van der Waals surface area (Å²) >= 11 is 0. The van der Waals surface area contributed by atoms with Gasteiger partial charge in [0.2, 0.25) is 0 Å². The minimum Gasteiger partial charge on any atom is -0.496 e. The molecule has 0 radical (unpaired) electrons. The van der Waals surface area contributed by atoms with Crippen molar-refractivity contribution in [3.63, 3.8) is 0 Å². The van der Waals surface area contributed by atoms with Crippen molar-refractivity contribution in [3.8, 4) is 17.2 Å². The molecular weight excluding hydrogens is 418 g/mol. The molecular formula is C21H21N5O6. The van der Waals surface area contributed by atoms with E-state index >= 15 is 0 Å². The Bertz CT molecular complexity index is 1130. The first-order valence-corrected chi connectivity index (χ1v) is 9.41. The summed E-state index contributed by atoms with van der Waals surface area (Å²) < 4.78 is 17.4. The van der Waals surface area contributed by atoms with Crippen molar-refractivity contribution in [2.24, 2.45) is 5.10 Å². The van der Waals surface area contributed by atoms with Crippen LogP contribution in [0.4, 0.5) is 5.69 Å². The van der Waals surface area contributed by atoms with Gasteiger partial charge in [0.1, 0.15) is 18.1 Å². The molecule has 0 atom stereocenters. The summed E-state index contributed by atoms with van der Waals surface area (Å²) in [4.78, 5) is 22.3. The van der Waals surface area contributed by atoms with Crippen LogP contribution in [0.3, 0.4) is 0 Å². The van der Waals surface area contributed by atoms with Crippen LogP contribution < -0.4 is 19.6 Å². The van der Waals surface area contributed by atoms with Crippen LogP contribution in [-0.2, 0) is 11.3 Å². The zero-order valence-electron chi connectivity index (χ0n) is 17.4. The predicted molar refractivity (Wildman–Crippen MR) is 115 cm³/mol. The van der Waals surface area contributed by atoms with E-state index in [1.54, 1.807) is 42.5 Å². The number of hydrazone groups is 1. The Hall–Kier alpha value is -4.41. The van der Waals surface area contributed by atoms with Crippen molar-refractivity contribution in [2.45, 2.75) is 6.54 Å². The number of rotatable bonds is 10. The molecule has 0 saturated heterocycles. The lowest BCUT2D eigenvalue weighted by Crippen LogP contribution is -2.24. The molecule has 2 aromatic carbocycles. The molecule has 166 valence electrons. The molecule has 1 N–H and O–H groups in total. The van der Waals surface area contributed by atoms with Crippen LogP contribution in [0.2, 0.25) is 0 Å². The van der Waals surface area contributed by atoms with E-state index in [1.165, 1.54) is 37.5 Å². The number of methoxy groups -OCH3 is 2. The fraction of sp³-hybridized carbons (Fsp3) is 0.190. The van der Waals surface area contributed by atoms with Crippen LogP contribution in [0.5, 0.6) is 17.2 Å². The zero-order valence-corrected chi connectivity index (χ0v) is 17.4. The fourth-order valence-corrected chi connectivity index (χ4v) is 2.80. The number of nitrogens with zero attached hydrogens (tertiary/aromatic N) is 4. The van der Waals surface area contributed by atoms with Crippen LogP contribution >= 0.6 is 0 Å². The van der Waals surface area contributed by atoms with Crippen molar-refractivity contribution >= 4 is 17.8 Å². The quantitative estimate of drug-likeness (QED) is 0.292. The van der Waals surface area contributed by atoms with Gasteiger partial charge in [-0.25, -0.2) is 5.43 Å². The van der Waals surface area contributed by atoms with E-state index in [2.05, 4.69) is 15.6 Å². The SMILES string of the molecule is COc1ccc(/C=N\NC(=O)COc2ccccc2OC)cc1Cn1cc([N+](=O)[O-])cn1. The number of nitro groups is 1. The van der Waals surface area contributed by atoms with Crippen molar-refractivity contribution in [3.05, 3.63) is 76.1 Å². The number of nitrogens with one attached hydrogen (secondary N) is 1. The number of carbonyl (C=O) groups excluding carboxylic acids is 1. The molecule has 11 nitrogen and oxygen atoms in total. The van der Waals surface area contributed by atoms with E-state index < -0.39 is 10.8 Å². The fourth-order valence-electron chi connectivity index (χ4n) is 2.80. The molecule has 0 saturated carbocycles. The summed E-state index contributed by atoms with van der Waals surface area (Å²) in [6.45, 7) is 0.0292. The maximum atomic E-state index is 12.0. The Morgan fingerprint density at radius 1 is 1.19 bits per heavy atom. The van der Waals surface area contributed by atoms with E-state index in [4.69, 9.17) is 14.2 Å². The number of para-hydroxylation sites is 2. The molecule has 0 aliphatic rings. The molecule has 0 aliphatic carbocycles. The zero-order chi connectivity index (χ0) is 22.9. The minimum absolute atomic E-state index is 0.0975. The molecule has 1 aromatic heterocycles. The van der Waals surface area contributed by atoms with Gasteiger partial charge < -0.3 is 14.2 Å². The first-order valence-electron chi connectivity index (χ1n) is 9.41. The van der Waals surface area contributed by atoms with E-state index in [9.17, 15) is 14.9 Å². The highest BCUT2D eigenvalue weighted by molar-refractivity contribution is 5.83. The lowest BCUT2D eigenvalue weighted by Gasteiger charge is -2.10. The van der Waals surface area contributed by atoms with E-state index in [-0.39, 0.29) is 18.8 Å². The summed E-state index contributed by atoms with van der Waals surface area (Å²) in [6.07, 6.45) is 3.98. The number of ether oxygens (including phenoxy) is 3. The largest absolute Gasteiger partial charge is 0.496 e. The van der Waals surface area contributed by atoms with Crippen LogP contribution in [0.25, 0.3) is 0 Å². The highest BCUT2D eigenvalue weighted by atomic mass is 16.6. The minimum atomic E-state index is -0.510. The second-order valence-electron chi connectivity index (χ2n) is 6.46. The van der Waals surface area contributed by atoms with Crippen molar-refractivity contribution in [1.29, 1.82) is 0 Å². The Morgan fingerprint density at radius 2 is 1.94 bits per heavy atom. The van der Waals surface area contributed by atoms with Gasteiger partial charge in [-0.05, 0) is 35.9 Å². The third-order valence-corrected chi connectivity index (χ3v) is 4.30. The molecule has 0 bridgehead atoms. The van der Waals surface area contributed by atoms with Gasteiger partial charge in [0.25, 0.3) is 5.91 Å². The standard InChI is InChI=1S/C21H21N5O6/c1-30-18-8-7-15(9-16(18)12-25-13-17(11-23-25)26(28)29)10-22-24-21(27)14-32-20-6-4-3-5-19(20)31-2/h3-11,13H,12,14H2,1-2H3,(H,24,27)/b22-10-. The molecule has 3 aromatic rings. The monoisotopic (exact) mass is 439 g/mol. The highest BCUT2D eigenvalue weighted by Crippen LogP contribution is 2.25. The predicted octanol–water partition coefficient (Wildman–Crippen LogP) is 2.39. The summed E-state index contributed by atoms with van der Waals surface area (Å²) in [7, 11) is 3.05. The maximum absolute atomic E-state index is 12.0. The topological polar surface area (TPSA) is 130 Å². The van der Waals surface area contributed by atoms with Crippen LogP contribution in [0.15, 0.2) is 60.0 Å². The second kappa shape index (κ2) is 10.6. The highest BCUT2D eigenvalue weighted by Gasteiger charge is 2.11. The van der Waals surface area contributed by atoms with Crippen LogP contribution in [0, 0.1) is 10.1 Å². The molecule has 32 heavy (non-hydrogen) atoms. The Morgan fingerprint density at radius 3 is 2.62 bits per heavy atom. The molecule has 0 spiro atoms. The summed E-state index contributed by atoms with van der Waals surface area (Å²) in [5, 5.41) is 18.8. The lowest BCUT2D eigenvalue weighted by atomic mass is 10.1. The molecule has 0 fully saturated rings. The van der Waals surface area contributed by atoms with E-state index in [0.29, 0.717) is 22.8 Å². The van der Waals surface area contributed by atoms with E-state index in [1.807, 2.05) is 0 Å². The van der Waals surface area contributed by atoms with Gasteiger partial charge in [-0.15, -0.1) is 0 Å². The van der Waals surface area contributed by atoms with Gasteiger partial charge in [-0.1, -0.05) is 12.1 Å². The first kappa shape index (κ1) is 22.3. The number of carbonyl (C=O) groups is 1. The van der Waals surface area contributed by atoms with Gasteiger partial charge in [0.05, 0.1) is 31.9 Å². The molecule has 1 amide bonds. The Balaban J connectivity index is 1.60. The summed E-state index contributed by atoms with van der Waals surface area (Å²) in [5.41, 5.74) is 3.72. The third-order valence-electron chi connectivity index (χ3n) is 4.30. The van der Waals surface area contributed by atoms with Gasteiger partial charge in [0.15, 0.2) is 18.1 Å². The molecule has 3 rings (SSSR count). The van der Waals surface area contributed by atoms with Crippen LogP contribution in [-0.4, -0.2) is 47.7 Å². The summed E-state index contributed by atoms with van der Waals surface area (Å²) in [5.74, 6) is 1.13. The normalized spacial score (nSPS) is 10.7. The van der Waals surface area contributed by atoms with Crippen molar-refractivity contribution in [2.75, 3.05) is 20.8 Å².